The van der Waals surface area contributed by atoms with E-state index in [1.54, 1.807) is 24.2 Å². The van der Waals surface area contributed by atoms with Crippen molar-refractivity contribution in [2.24, 2.45) is 0 Å². The van der Waals surface area contributed by atoms with Crippen molar-refractivity contribution in [1.82, 2.24) is 4.98 Å². The number of thioether (sulfide) groups is 1. The maximum absolute atomic E-state index is 11.7. The summed E-state index contributed by atoms with van der Waals surface area (Å²) >= 11 is 1.75. The Morgan fingerprint density at radius 2 is 2.40 bits per heavy atom. The SMILES string of the molecule is CSCCC1Nc2ccncc2NC1=O. The molecule has 0 radical (unpaired) electrons. The minimum atomic E-state index is -0.118. The molecule has 0 saturated heterocycles. The fourth-order valence-corrected chi connectivity index (χ4v) is 2.00. The number of carbonyl (C=O) groups excluding carboxylic acids is 1. The van der Waals surface area contributed by atoms with E-state index in [1.807, 2.05) is 12.3 Å². The lowest BCUT2D eigenvalue weighted by atomic mass is 10.1. The number of nitrogens with zero attached hydrogens (tertiary/aromatic N) is 1. The Hall–Kier alpha value is -1.23. The number of fused-ring (bicyclic) bond motifs is 1. The monoisotopic (exact) mass is 223 g/mol. The second-order valence-electron chi connectivity index (χ2n) is 3.39. The van der Waals surface area contributed by atoms with Crippen molar-refractivity contribution in [3.63, 3.8) is 0 Å². The summed E-state index contributed by atoms with van der Waals surface area (Å²) in [7, 11) is 0. The summed E-state index contributed by atoms with van der Waals surface area (Å²) in [6.45, 7) is 0. The molecule has 2 rings (SSSR count). The molecule has 1 aromatic heterocycles. The summed E-state index contributed by atoms with van der Waals surface area (Å²) in [6.07, 6.45) is 6.26. The van der Waals surface area contributed by atoms with Crippen LogP contribution in [0.2, 0.25) is 0 Å². The Morgan fingerprint density at radius 1 is 1.53 bits per heavy atom. The third-order valence-electron chi connectivity index (χ3n) is 2.34. The summed E-state index contributed by atoms with van der Waals surface area (Å²) < 4.78 is 0. The first-order valence-corrected chi connectivity index (χ1v) is 6.21. The number of anilines is 2. The summed E-state index contributed by atoms with van der Waals surface area (Å²) in [5.41, 5.74) is 1.72. The average Bonchev–Trinajstić information content (AvgIpc) is 2.26. The van der Waals surface area contributed by atoms with Gasteiger partial charge >= 0.3 is 0 Å². The topological polar surface area (TPSA) is 54.0 Å². The Morgan fingerprint density at radius 3 is 3.20 bits per heavy atom. The Bertz CT molecular complexity index is 369. The number of pyridine rings is 1. The van der Waals surface area contributed by atoms with Crippen LogP contribution < -0.4 is 10.6 Å². The molecule has 80 valence electrons. The molecule has 1 unspecified atom stereocenters. The van der Waals surface area contributed by atoms with E-state index in [4.69, 9.17) is 0 Å². The maximum Gasteiger partial charge on any atom is 0.246 e. The first kappa shape index (κ1) is 10.3. The van der Waals surface area contributed by atoms with Crippen molar-refractivity contribution in [3.05, 3.63) is 18.5 Å². The molecule has 1 amide bonds. The van der Waals surface area contributed by atoms with Crippen LogP contribution in [-0.4, -0.2) is 28.9 Å². The van der Waals surface area contributed by atoms with Gasteiger partial charge in [0.1, 0.15) is 6.04 Å². The molecule has 5 heteroatoms. The molecule has 0 saturated carbocycles. The molecule has 0 bridgehead atoms. The van der Waals surface area contributed by atoms with E-state index in [9.17, 15) is 4.79 Å². The van der Waals surface area contributed by atoms with Crippen LogP contribution in [-0.2, 0) is 4.79 Å². The van der Waals surface area contributed by atoms with Crippen molar-refractivity contribution < 1.29 is 4.79 Å². The van der Waals surface area contributed by atoms with Crippen molar-refractivity contribution in [2.45, 2.75) is 12.5 Å². The standard InChI is InChI=1S/C10H13N3OS/c1-15-5-3-8-10(14)13-9-6-11-4-2-7(9)12-8/h2,4,6,8,12H,3,5H2,1H3,(H,13,14). The van der Waals surface area contributed by atoms with E-state index < -0.39 is 0 Å². The van der Waals surface area contributed by atoms with Gasteiger partial charge in [-0.3, -0.25) is 9.78 Å². The first-order valence-electron chi connectivity index (χ1n) is 4.81. The molecule has 1 aromatic rings. The molecule has 0 aliphatic carbocycles. The molecule has 0 aromatic carbocycles. The molecule has 1 aliphatic rings. The van der Waals surface area contributed by atoms with Crippen LogP contribution in [0.1, 0.15) is 6.42 Å². The lowest BCUT2D eigenvalue weighted by Gasteiger charge is -2.26. The van der Waals surface area contributed by atoms with Crippen LogP contribution >= 0.6 is 11.8 Å². The van der Waals surface area contributed by atoms with Crippen molar-refractivity contribution in [1.29, 1.82) is 0 Å². The van der Waals surface area contributed by atoms with Gasteiger partial charge in [-0.1, -0.05) is 0 Å². The first-order chi connectivity index (χ1) is 7.31. The van der Waals surface area contributed by atoms with E-state index in [0.717, 1.165) is 23.5 Å². The zero-order valence-corrected chi connectivity index (χ0v) is 9.30. The smallest absolute Gasteiger partial charge is 0.246 e. The molecule has 0 fully saturated rings. The lowest BCUT2D eigenvalue weighted by molar-refractivity contribution is -0.117. The highest BCUT2D eigenvalue weighted by atomic mass is 32.2. The van der Waals surface area contributed by atoms with Gasteiger partial charge in [0.2, 0.25) is 5.91 Å². The van der Waals surface area contributed by atoms with Crippen LogP contribution in [0.5, 0.6) is 0 Å². The van der Waals surface area contributed by atoms with E-state index in [2.05, 4.69) is 15.6 Å². The predicted octanol–water partition coefficient (Wildman–Crippen LogP) is 1.57. The summed E-state index contributed by atoms with van der Waals surface area (Å²) in [5, 5.41) is 6.06. The second-order valence-corrected chi connectivity index (χ2v) is 4.37. The van der Waals surface area contributed by atoms with Gasteiger partial charge < -0.3 is 10.6 Å². The highest BCUT2D eigenvalue weighted by molar-refractivity contribution is 7.98. The number of aromatic nitrogens is 1. The third-order valence-corrected chi connectivity index (χ3v) is 2.98. The molecular weight excluding hydrogens is 210 g/mol. The number of hydrogen-bond acceptors (Lipinski definition) is 4. The lowest BCUT2D eigenvalue weighted by Crippen LogP contribution is -2.39. The van der Waals surface area contributed by atoms with Crippen LogP contribution in [0.3, 0.4) is 0 Å². The van der Waals surface area contributed by atoms with Gasteiger partial charge in [0.25, 0.3) is 0 Å². The normalized spacial score (nSPS) is 19.0. The van der Waals surface area contributed by atoms with Gasteiger partial charge in [0, 0.05) is 6.20 Å². The molecule has 15 heavy (non-hydrogen) atoms. The number of nitrogens with one attached hydrogen (secondary N) is 2. The highest BCUT2D eigenvalue weighted by Crippen LogP contribution is 2.25. The summed E-state index contributed by atoms with van der Waals surface area (Å²) in [5.74, 6) is 1.01. The van der Waals surface area contributed by atoms with Gasteiger partial charge in [-0.05, 0) is 24.5 Å². The quantitative estimate of drug-likeness (QED) is 0.816. The number of carbonyl (C=O) groups is 1. The zero-order chi connectivity index (χ0) is 10.7. The minimum Gasteiger partial charge on any atom is -0.372 e. The Labute approximate surface area is 92.9 Å². The number of rotatable bonds is 3. The zero-order valence-electron chi connectivity index (χ0n) is 8.49. The molecule has 1 atom stereocenters. The van der Waals surface area contributed by atoms with Gasteiger partial charge in [0.15, 0.2) is 0 Å². The highest BCUT2D eigenvalue weighted by Gasteiger charge is 2.24. The van der Waals surface area contributed by atoms with Crippen LogP contribution in [0.25, 0.3) is 0 Å². The van der Waals surface area contributed by atoms with Gasteiger partial charge in [-0.25, -0.2) is 0 Å². The molecule has 1 aliphatic heterocycles. The van der Waals surface area contributed by atoms with Gasteiger partial charge in [0.05, 0.1) is 17.6 Å². The van der Waals surface area contributed by atoms with Crippen LogP contribution in [0.15, 0.2) is 18.5 Å². The fourth-order valence-electron chi connectivity index (χ4n) is 1.53. The maximum atomic E-state index is 11.7. The average molecular weight is 223 g/mol. The van der Waals surface area contributed by atoms with Crippen LogP contribution in [0, 0.1) is 0 Å². The molecule has 0 spiro atoms. The van der Waals surface area contributed by atoms with E-state index in [-0.39, 0.29) is 11.9 Å². The van der Waals surface area contributed by atoms with Crippen LogP contribution in [0.4, 0.5) is 11.4 Å². The predicted molar refractivity (Wildman–Crippen MR) is 63.3 cm³/mol. The molecular formula is C10H13N3OS. The van der Waals surface area contributed by atoms with E-state index in [0.29, 0.717) is 0 Å². The molecule has 2 N–H and O–H groups in total. The minimum absolute atomic E-state index is 0.0320. The summed E-state index contributed by atoms with van der Waals surface area (Å²) in [4.78, 5) is 15.6. The largest absolute Gasteiger partial charge is 0.372 e. The number of amides is 1. The number of hydrogen-bond donors (Lipinski definition) is 2. The van der Waals surface area contributed by atoms with Crippen molar-refractivity contribution in [3.8, 4) is 0 Å². The Kier molecular flexibility index (Phi) is 3.11. The third kappa shape index (κ3) is 2.23. The van der Waals surface area contributed by atoms with Crippen molar-refractivity contribution in [2.75, 3.05) is 22.6 Å². The molecule has 4 nitrogen and oxygen atoms in total. The van der Waals surface area contributed by atoms with Gasteiger partial charge in [-0.2, -0.15) is 11.8 Å². The Balaban J connectivity index is 2.11. The van der Waals surface area contributed by atoms with E-state index in [1.165, 1.54) is 0 Å². The van der Waals surface area contributed by atoms with Crippen molar-refractivity contribution >= 4 is 29.0 Å². The summed E-state index contributed by atoms with van der Waals surface area (Å²) in [6, 6.07) is 1.76. The second kappa shape index (κ2) is 4.53. The molecule has 2 heterocycles. The fraction of sp³-hybridized carbons (Fsp3) is 0.400. The van der Waals surface area contributed by atoms with E-state index >= 15 is 0 Å². The van der Waals surface area contributed by atoms with Gasteiger partial charge in [-0.15, -0.1) is 0 Å².